The molecule has 2 aromatic rings. The van der Waals surface area contributed by atoms with Crippen LogP contribution in [0.2, 0.25) is 0 Å². The first-order valence-electron chi connectivity index (χ1n) is 8.51. The number of anilines is 3. The van der Waals surface area contributed by atoms with Crippen molar-refractivity contribution in [1.82, 2.24) is 10.2 Å². The molecule has 0 saturated carbocycles. The molecule has 8 nitrogen and oxygen atoms in total. The van der Waals surface area contributed by atoms with Crippen LogP contribution in [-0.2, 0) is 0 Å². The number of carbonyl (C=O) groups excluding carboxylic acids is 1. The molecule has 3 rings (SSSR count). The Kier molecular flexibility index (Phi) is 5.77. The summed E-state index contributed by atoms with van der Waals surface area (Å²) in [5, 5.41) is 15.1. The lowest BCUT2D eigenvalue weighted by atomic mass is 10.1. The number of nitrogens with zero attached hydrogens (tertiary/aromatic N) is 3. The van der Waals surface area contributed by atoms with E-state index in [1.807, 2.05) is 0 Å². The normalized spacial score (nSPS) is 16.9. The summed E-state index contributed by atoms with van der Waals surface area (Å²) in [7, 11) is 3.11. The van der Waals surface area contributed by atoms with Crippen molar-refractivity contribution in [3.63, 3.8) is 0 Å². The maximum Gasteiger partial charge on any atom is 0.325 e. The number of benzene rings is 1. The number of aromatic nitrogens is 2. The lowest BCUT2D eigenvalue weighted by Gasteiger charge is -2.32. The van der Waals surface area contributed by atoms with Gasteiger partial charge in [-0.25, -0.2) is 4.79 Å². The Hall–Kier alpha value is -2.55. The summed E-state index contributed by atoms with van der Waals surface area (Å²) in [4.78, 5) is 14.6. The molecule has 2 heterocycles. The van der Waals surface area contributed by atoms with E-state index < -0.39 is 6.03 Å². The largest absolute Gasteiger partial charge is 0.497 e. The molecule has 140 valence electrons. The quantitative estimate of drug-likeness (QED) is 0.828. The van der Waals surface area contributed by atoms with E-state index in [0.29, 0.717) is 28.4 Å². The minimum Gasteiger partial charge on any atom is -0.497 e. The second kappa shape index (κ2) is 8.22. The minimum absolute atomic E-state index is 0.411. The monoisotopic (exact) mass is 377 g/mol. The Balaban J connectivity index is 1.65. The second-order valence-corrected chi connectivity index (χ2v) is 7.03. The molecule has 0 radical (unpaired) electrons. The van der Waals surface area contributed by atoms with Crippen LogP contribution in [0, 0.1) is 0 Å². The third-order valence-electron chi connectivity index (χ3n) is 4.34. The van der Waals surface area contributed by atoms with Crippen molar-refractivity contribution >= 4 is 33.3 Å². The van der Waals surface area contributed by atoms with E-state index in [1.54, 1.807) is 32.4 Å². The van der Waals surface area contributed by atoms with Gasteiger partial charge in [0, 0.05) is 18.7 Å². The fourth-order valence-corrected chi connectivity index (χ4v) is 3.80. The third-order valence-corrected chi connectivity index (χ3v) is 5.21. The van der Waals surface area contributed by atoms with Crippen molar-refractivity contribution in [2.45, 2.75) is 32.2 Å². The predicted octanol–water partition coefficient (Wildman–Crippen LogP) is 3.58. The minimum atomic E-state index is -0.411. The van der Waals surface area contributed by atoms with E-state index in [4.69, 9.17) is 9.47 Å². The number of amides is 2. The highest BCUT2D eigenvalue weighted by Crippen LogP contribution is 2.31. The molecule has 0 bridgehead atoms. The van der Waals surface area contributed by atoms with E-state index in [2.05, 4.69) is 32.7 Å². The number of hydrogen-bond acceptors (Lipinski definition) is 7. The van der Waals surface area contributed by atoms with E-state index in [-0.39, 0.29) is 0 Å². The van der Waals surface area contributed by atoms with E-state index in [9.17, 15) is 4.79 Å². The number of piperidine rings is 1. The SMILES string of the molecule is COc1ccc(OC)c(NC(=O)Nc2nnc(N3CCCC[C@@H]3C)s2)c1. The Morgan fingerprint density at radius 2 is 2.08 bits per heavy atom. The average Bonchev–Trinajstić information content (AvgIpc) is 3.10. The van der Waals surface area contributed by atoms with Crippen LogP contribution < -0.4 is 25.0 Å². The molecular weight excluding hydrogens is 354 g/mol. The Bertz CT molecular complexity index is 767. The first-order chi connectivity index (χ1) is 12.6. The van der Waals surface area contributed by atoms with Crippen LogP contribution in [0.4, 0.5) is 20.7 Å². The van der Waals surface area contributed by atoms with Crippen molar-refractivity contribution in [3.8, 4) is 11.5 Å². The fourth-order valence-electron chi connectivity index (χ4n) is 2.93. The van der Waals surface area contributed by atoms with Crippen LogP contribution in [0.25, 0.3) is 0 Å². The van der Waals surface area contributed by atoms with Crippen molar-refractivity contribution in [2.75, 3.05) is 36.3 Å². The Morgan fingerprint density at radius 3 is 2.81 bits per heavy atom. The van der Waals surface area contributed by atoms with Gasteiger partial charge < -0.3 is 19.7 Å². The lowest BCUT2D eigenvalue weighted by molar-refractivity contribution is 0.262. The van der Waals surface area contributed by atoms with Crippen molar-refractivity contribution < 1.29 is 14.3 Å². The van der Waals surface area contributed by atoms with Gasteiger partial charge in [0.2, 0.25) is 10.3 Å². The Labute approximate surface area is 156 Å². The molecule has 1 aromatic heterocycles. The van der Waals surface area contributed by atoms with Crippen LogP contribution in [0.15, 0.2) is 18.2 Å². The number of nitrogens with one attached hydrogen (secondary N) is 2. The second-order valence-electron chi connectivity index (χ2n) is 6.07. The van der Waals surface area contributed by atoms with Gasteiger partial charge in [-0.2, -0.15) is 0 Å². The Morgan fingerprint density at radius 1 is 1.23 bits per heavy atom. The topological polar surface area (TPSA) is 88.6 Å². The van der Waals surface area contributed by atoms with Gasteiger partial charge in [0.05, 0.1) is 19.9 Å². The van der Waals surface area contributed by atoms with Crippen LogP contribution in [0.3, 0.4) is 0 Å². The standard InChI is InChI=1S/C17H23N5O3S/c1-11-6-4-5-9-22(11)17-21-20-16(26-17)19-15(23)18-13-10-12(24-2)7-8-14(13)25-3/h7-8,10-11H,4-6,9H2,1-3H3,(H2,18,19,20,23)/t11-/m0/s1. The number of ether oxygens (including phenoxy) is 2. The van der Waals surface area contributed by atoms with E-state index in [1.165, 1.54) is 17.8 Å². The fraction of sp³-hybridized carbons (Fsp3) is 0.471. The van der Waals surface area contributed by atoms with Gasteiger partial charge in [-0.15, -0.1) is 10.2 Å². The molecular formula is C17H23N5O3S. The van der Waals surface area contributed by atoms with E-state index in [0.717, 1.165) is 24.5 Å². The van der Waals surface area contributed by atoms with Gasteiger partial charge >= 0.3 is 6.03 Å². The molecule has 9 heteroatoms. The van der Waals surface area contributed by atoms with Gasteiger partial charge in [-0.1, -0.05) is 11.3 Å². The molecule has 0 aliphatic carbocycles. The number of methoxy groups -OCH3 is 2. The van der Waals surface area contributed by atoms with Gasteiger partial charge in [-0.05, 0) is 38.3 Å². The van der Waals surface area contributed by atoms with Crippen LogP contribution in [-0.4, -0.2) is 43.0 Å². The van der Waals surface area contributed by atoms with Gasteiger partial charge in [0.25, 0.3) is 0 Å². The van der Waals surface area contributed by atoms with Gasteiger partial charge in [0.1, 0.15) is 11.5 Å². The zero-order chi connectivity index (χ0) is 18.5. The lowest BCUT2D eigenvalue weighted by Crippen LogP contribution is -2.37. The molecule has 1 fully saturated rings. The van der Waals surface area contributed by atoms with E-state index >= 15 is 0 Å². The third kappa shape index (κ3) is 4.16. The number of urea groups is 1. The maximum atomic E-state index is 12.3. The number of rotatable bonds is 5. The zero-order valence-corrected chi connectivity index (χ0v) is 15.9. The molecule has 2 amide bonds. The highest BCUT2D eigenvalue weighted by molar-refractivity contribution is 7.19. The summed E-state index contributed by atoms with van der Waals surface area (Å²) in [5.74, 6) is 1.17. The van der Waals surface area contributed by atoms with Crippen LogP contribution in [0.5, 0.6) is 11.5 Å². The average molecular weight is 377 g/mol. The molecule has 1 aliphatic heterocycles. The summed E-state index contributed by atoms with van der Waals surface area (Å²) in [6.45, 7) is 3.17. The highest BCUT2D eigenvalue weighted by Gasteiger charge is 2.22. The molecule has 26 heavy (non-hydrogen) atoms. The molecule has 1 aromatic carbocycles. The summed E-state index contributed by atoms with van der Waals surface area (Å²) in [6, 6.07) is 5.22. The summed E-state index contributed by atoms with van der Waals surface area (Å²) >= 11 is 1.38. The highest BCUT2D eigenvalue weighted by atomic mass is 32.1. The number of carbonyl (C=O) groups is 1. The molecule has 2 N–H and O–H groups in total. The van der Waals surface area contributed by atoms with Crippen LogP contribution in [0.1, 0.15) is 26.2 Å². The maximum absolute atomic E-state index is 12.3. The van der Waals surface area contributed by atoms with Crippen molar-refractivity contribution in [1.29, 1.82) is 0 Å². The molecule has 1 aliphatic rings. The zero-order valence-electron chi connectivity index (χ0n) is 15.1. The summed E-state index contributed by atoms with van der Waals surface area (Å²) in [6.07, 6.45) is 3.55. The molecule has 1 atom stereocenters. The van der Waals surface area contributed by atoms with Gasteiger partial charge in [-0.3, -0.25) is 5.32 Å². The smallest absolute Gasteiger partial charge is 0.325 e. The van der Waals surface area contributed by atoms with Gasteiger partial charge in [0.15, 0.2) is 0 Å². The summed E-state index contributed by atoms with van der Waals surface area (Å²) in [5.41, 5.74) is 0.513. The summed E-state index contributed by atoms with van der Waals surface area (Å²) < 4.78 is 10.4. The first kappa shape index (κ1) is 18.2. The molecule has 0 spiro atoms. The number of hydrogen-bond donors (Lipinski definition) is 2. The van der Waals surface area contributed by atoms with Crippen molar-refractivity contribution in [2.24, 2.45) is 0 Å². The molecule has 1 saturated heterocycles. The first-order valence-corrected chi connectivity index (χ1v) is 9.32. The van der Waals surface area contributed by atoms with Crippen molar-refractivity contribution in [3.05, 3.63) is 18.2 Å². The predicted molar refractivity (Wildman–Crippen MR) is 103 cm³/mol. The van der Waals surface area contributed by atoms with Crippen LogP contribution >= 0.6 is 11.3 Å². The molecule has 0 unspecified atom stereocenters.